The van der Waals surface area contributed by atoms with Crippen molar-refractivity contribution in [3.63, 3.8) is 0 Å². The highest BCUT2D eigenvalue weighted by atomic mass is 16.4. The number of benzene rings is 1. The van der Waals surface area contributed by atoms with Gasteiger partial charge in [-0.1, -0.05) is 58.0 Å². The fraction of sp³-hybridized carbons (Fsp3) is 0.590. The van der Waals surface area contributed by atoms with Crippen molar-refractivity contribution in [3.8, 4) is 0 Å². The summed E-state index contributed by atoms with van der Waals surface area (Å²) < 4.78 is 0. The number of hydrogen-bond donors (Lipinski definition) is 12. The van der Waals surface area contributed by atoms with Gasteiger partial charge in [0.15, 0.2) is 5.96 Å². The van der Waals surface area contributed by atoms with Crippen molar-refractivity contribution in [2.24, 2.45) is 39.8 Å². The molecule has 1 aromatic rings. The minimum atomic E-state index is -1.44. The number of nitrogens with one attached hydrogen (secondary N) is 7. The predicted molar refractivity (Wildman–Crippen MR) is 224 cm³/mol. The van der Waals surface area contributed by atoms with Crippen molar-refractivity contribution in [3.05, 3.63) is 35.9 Å². The Bertz CT molecular complexity index is 1700. The van der Waals surface area contributed by atoms with Crippen LogP contribution in [0.15, 0.2) is 35.3 Å². The lowest BCUT2D eigenvalue weighted by molar-refractivity contribution is -0.143. The summed E-state index contributed by atoms with van der Waals surface area (Å²) in [5, 5.41) is 26.9. The highest BCUT2D eigenvalue weighted by Gasteiger charge is 2.33. The molecular formula is C39H64N12O10. The molecule has 61 heavy (non-hydrogen) atoms. The van der Waals surface area contributed by atoms with Gasteiger partial charge in [0, 0.05) is 19.4 Å². The molecule has 0 aliphatic carbocycles. The van der Waals surface area contributed by atoms with Crippen LogP contribution in [0.25, 0.3) is 0 Å². The number of nitrogens with zero attached hydrogens (tertiary/aromatic N) is 1. The number of primary amides is 1. The van der Waals surface area contributed by atoms with Crippen LogP contribution >= 0.6 is 0 Å². The van der Waals surface area contributed by atoms with Crippen LogP contribution in [0.1, 0.15) is 79.2 Å². The number of carbonyl (C=O) groups is 9. The molecule has 8 amide bonds. The van der Waals surface area contributed by atoms with Crippen molar-refractivity contribution in [2.45, 2.75) is 122 Å². The molecule has 0 heterocycles. The Morgan fingerprint density at radius 2 is 1.21 bits per heavy atom. The number of carboxylic acids is 1. The SMILES string of the molecule is CC(C)C[C@H](NC(=O)CNC(=O)[C@H](C)NC(=O)[C@@H](N)CCCN=C(N)N)C(=O)N[C@@H](CCC(N)=O)C(=O)N[C@@H](Cc1ccccc1)C(=O)N[C@@H](C)C(=O)N[C@H](C(=O)O)C(C)C. The smallest absolute Gasteiger partial charge is 0.326 e. The van der Waals surface area contributed by atoms with Crippen molar-refractivity contribution < 1.29 is 48.3 Å². The quantitative estimate of drug-likeness (QED) is 0.0235. The summed E-state index contributed by atoms with van der Waals surface area (Å²) in [6.45, 7) is 9.17. The van der Waals surface area contributed by atoms with Gasteiger partial charge in [-0.15, -0.1) is 0 Å². The zero-order valence-electron chi connectivity index (χ0n) is 35.6. The number of carboxylic acid groups (broad SMARTS) is 1. The van der Waals surface area contributed by atoms with E-state index in [4.69, 9.17) is 22.9 Å². The van der Waals surface area contributed by atoms with Crippen LogP contribution in [-0.2, 0) is 49.6 Å². The standard InChI is InChI=1S/C39H64N12O10/c1-20(2)17-27(48-30(53)19-45-32(54)22(5)46-34(56)25(40)13-10-16-44-39(42)43)37(59)49-26(14-15-29(41)52)35(57)50-28(18-24-11-8-7-9-12-24)36(58)47-23(6)33(55)51-31(21(3)4)38(60)61/h7-9,11-12,20-23,25-28,31H,10,13-19,40H2,1-6H3,(H2,41,52)(H,45,54)(H,46,56)(H,47,58)(H,48,53)(H,49,59)(H,50,57)(H,51,55)(H,60,61)(H4,42,43,44)/t22-,23-,25-,26-,27-,28-,31-/m0/s1. The van der Waals surface area contributed by atoms with E-state index in [0.717, 1.165) is 0 Å². The molecule has 0 aromatic heterocycles. The monoisotopic (exact) mass is 860 g/mol. The molecule has 22 heteroatoms. The van der Waals surface area contributed by atoms with Gasteiger partial charge in [0.25, 0.3) is 0 Å². The second kappa shape index (κ2) is 26.7. The number of amides is 8. The Hall–Kier alpha value is -6.32. The summed E-state index contributed by atoms with van der Waals surface area (Å²) >= 11 is 0. The molecule has 7 atom stereocenters. The van der Waals surface area contributed by atoms with Crippen LogP contribution < -0.4 is 60.2 Å². The van der Waals surface area contributed by atoms with E-state index in [1.165, 1.54) is 13.8 Å². The molecule has 0 spiro atoms. The molecule has 1 aromatic carbocycles. The molecule has 22 nitrogen and oxygen atoms in total. The van der Waals surface area contributed by atoms with Crippen LogP contribution in [0, 0.1) is 11.8 Å². The Labute approximate surface area is 355 Å². The molecule has 1 rings (SSSR count). The van der Waals surface area contributed by atoms with Crippen LogP contribution in [0.2, 0.25) is 0 Å². The van der Waals surface area contributed by atoms with Gasteiger partial charge >= 0.3 is 5.97 Å². The third-order valence-corrected chi connectivity index (χ3v) is 9.05. The largest absolute Gasteiger partial charge is 0.480 e. The number of carbonyl (C=O) groups excluding carboxylic acids is 8. The first-order valence-electron chi connectivity index (χ1n) is 20.0. The lowest BCUT2D eigenvalue weighted by Gasteiger charge is -2.27. The summed E-state index contributed by atoms with van der Waals surface area (Å²) in [4.78, 5) is 119. The Morgan fingerprint density at radius 1 is 0.656 bits per heavy atom. The zero-order valence-corrected chi connectivity index (χ0v) is 35.6. The molecule has 0 aliphatic rings. The van der Waals surface area contributed by atoms with Gasteiger partial charge in [-0.05, 0) is 56.9 Å². The number of aliphatic imine (C=N–C) groups is 1. The fourth-order valence-electron chi connectivity index (χ4n) is 5.64. The average molecular weight is 861 g/mol. The second-order valence-electron chi connectivity index (χ2n) is 15.4. The highest BCUT2D eigenvalue weighted by molar-refractivity contribution is 5.97. The molecule has 0 bridgehead atoms. The summed E-state index contributed by atoms with van der Waals surface area (Å²) in [5.41, 5.74) is 22.4. The van der Waals surface area contributed by atoms with Gasteiger partial charge < -0.3 is 65.3 Å². The summed E-state index contributed by atoms with van der Waals surface area (Å²) in [6, 6.07) is 0.0832. The van der Waals surface area contributed by atoms with Gasteiger partial charge in [-0.25, -0.2) is 4.79 Å². The first kappa shape index (κ1) is 52.7. The van der Waals surface area contributed by atoms with E-state index in [2.05, 4.69) is 42.2 Å². The fourth-order valence-corrected chi connectivity index (χ4v) is 5.64. The maximum Gasteiger partial charge on any atom is 0.326 e. The van der Waals surface area contributed by atoms with E-state index >= 15 is 0 Å². The number of hydrogen-bond acceptors (Lipinski definition) is 11. The number of rotatable bonds is 27. The van der Waals surface area contributed by atoms with Crippen molar-refractivity contribution >= 4 is 59.2 Å². The van der Waals surface area contributed by atoms with Gasteiger partial charge in [-0.2, -0.15) is 0 Å². The molecule has 0 radical (unpaired) electrons. The van der Waals surface area contributed by atoms with E-state index in [1.807, 2.05) is 0 Å². The van der Waals surface area contributed by atoms with Crippen molar-refractivity contribution in [2.75, 3.05) is 13.1 Å². The Balaban J connectivity index is 3.12. The van der Waals surface area contributed by atoms with E-state index in [-0.39, 0.29) is 50.5 Å². The third-order valence-electron chi connectivity index (χ3n) is 9.05. The first-order chi connectivity index (χ1) is 28.5. The molecule has 16 N–H and O–H groups in total. The number of aliphatic carboxylic acids is 1. The van der Waals surface area contributed by atoms with Crippen LogP contribution in [0.4, 0.5) is 0 Å². The molecule has 0 fully saturated rings. The molecular weight excluding hydrogens is 797 g/mol. The van der Waals surface area contributed by atoms with Gasteiger partial charge in [-0.3, -0.25) is 43.3 Å². The molecule has 0 aliphatic heterocycles. The lowest BCUT2D eigenvalue weighted by atomic mass is 10.0. The van der Waals surface area contributed by atoms with Crippen LogP contribution in [-0.4, -0.2) is 120 Å². The Morgan fingerprint density at radius 3 is 1.77 bits per heavy atom. The van der Waals surface area contributed by atoms with Crippen molar-refractivity contribution in [1.29, 1.82) is 0 Å². The van der Waals surface area contributed by atoms with E-state index in [1.54, 1.807) is 58.0 Å². The summed E-state index contributed by atoms with van der Waals surface area (Å²) in [6.07, 6.45) is 0.0283. The van der Waals surface area contributed by atoms with E-state index < -0.39 is 108 Å². The first-order valence-corrected chi connectivity index (χ1v) is 20.0. The molecule has 0 unspecified atom stereocenters. The average Bonchev–Trinajstić information content (AvgIpc) is 3.17. The highest BCUT2D eigenvalue weighted by Crippen LogP contribution is 2.10. The minimum Gasteiger partial charge on any atom is -0.480 e. The lowest BCUT2D eigenvalue weighted by Crippen LogP contribution is -2.59. The van der Waals surface area contributed by atoms with Gasteiger partial charge in [0.2, 0.25) is 47.3 Å². The number of guanidine groups is 1. The van der Waals surface area contributed by atoms with Crippen LogP contribution in [0.5, 0.6) is 0 Å². The molecule has 340 valence electrons. The summed E-state index contributed by atoms with van der Waals surface area (Å²) in [5.74, 6) is -8.16. The molecule has 0 saturated carbocycles. The number of nitrogens with two attached hydrogens (primary N) is 4. The minimum absolute atomic E-state index is 0.0689. The normalized spacial score (nSPS) is 14.4. The second-order valence-corrected chi connectivity index (χ2v) is 15.4. The topological polar surface area (TPSA) is 375 Å². The van der Waals surface area contributed by atoms with Gasteiger partial charge in [0.05, 0.1) is 12.6 Å². The maximum atomic E-state index is 13.8. The van der Waals surface area contributed by atoms with Gasteiger partial charge in [0.1, 0.15) is 36.3 Å². The third kappa shape index (κ3) is 21.0. The zero-order chi connectivity index (χ0) is 46.4. The predicted octanol–water partition coefficient (Wildman–Crippen LogP) is -3.27. The summed E-state index contributed by atoms with van der Waals surface area (Å²) in [7, 11) is 0. The molecule has 0 saturated heterocycles. The van der Waals surface area contributed by atoms with E-state index in [9.17, 15) is 48.3 Å². The van der Waals surface area contributed by atoms with E-state index in [0.29, 0.717) is 12.0 Å². The maximum absolute atomic E-state index is 13.8. The van der Waals surface area contributed by atoms with Crippen molar-refractivity contribution in [1.82, 2.24) is 37.2 Å². The van der Waals surface area contributed by atoms with Crippen LogP contribution in [0.3, 0.4) is 0 Å². The Kier molecular flexibility index (Phi) is 23.1.